The third kappa shape index (κ3) is 5.04. The van der Waals surface area contributed by atoms with Crippen LogP contribution in [0.4, 0.5) is 26.1 Å². The van der Waals surface area contributed by atoms with Crippen molar-refractivity contribution < 1.29 is 22.4 Å². The highest BCUT2D eigenvalue weighted by molar-refractivity contribution is 5.88. The van der Waals surface area contributed by atoms with E-state index in [1.54, 1.807) is 6.92 Å². The number of aromatic nitrogens is 5. The number of alkyl halides is 2. The number of nitrogens with one attached hydrogen (secondary N) is 2. The fourth-order valence-corrected chi connectivity index (χ4v) is 2.51. The number of hydrogen-bond donors (Lipinski definition) is 2. The molecule has 0 aliphatic heterocycles. The minimum atomic E-state index is -3.38. The van der Waals surface area contributed by atoms with E-state index < -0.39 is 18.7 Å². The summed E-state index contributed by atoms with van der Waals surface area (Å²) in [5.74, 6) is -4.01. The van der Waals surface area contributed by atoms with Crippen molar-refractivity contribution in [2.45, 2.75) is 26.7 Å². The molecule has 0 unspecified atom stereocenters. The van der Waals surface area contributed by atoms with Gasteiger partial charge in [-0.25, -0.2) is 15.0 Å². The summed E-state index contributed by atoms with van der Waals surface area (Å²) in [6.07, 6.45) is 3.77. The molecule has 9 nitrogen and oxygen atoms in total. The largest absolute Gasteiger partial charge is 0.490 e. The van der Waals surface area contributed by atoms with E-state index in [9.17, 15) is 13.6 Å². The van der Waals surface area contributed by atoms with Crippen LogP contribution in [0, 0.1) is 0 Å². The summed E-state index contributed by atoms with van der Waals surface area (Å²) in [6, 6.07) is 2.83. The number of amides is 1. The standard InChI is InChI=1S/C19H21F2N7O2/c1-5-30-15-9-22-16(24-11(2)29)7-14(15)25-17-6-13(12-8-23-28(4)10-12)26-18(27-17)19(3,20)21/h6-10H,5H2,1-4H3,(H2,22,24,25,26,27,29)/i4D3. The lowest BCUT2D eigenvalue weighted by Crippen LogP contribution is -2.14. The number of pyridine rings is 1. The average molecular weight is 420 g/mol. The molecule has 0 radical (unpaired) electrons. The molecule has 0 bridgehead atoms. The van der Waals surface area contributed by atoms with Gasteiger partial charge in [0.05, 0.1) is 30.4 Å². The number of aryl methyl sites for hydroxylation is 1. The average Bonchev–Trinajstić information content (AvgIpc) is 3.20. The summed E-state index contributed by atoms with van der Waals surface area (Å²) < 4.78 is 56.8. The molecule has 158 valence electrons. The van der Waals surface area contributed by atoms with Crippen LogP contribution < -0.4 is 15.4 Å². The molecular weight excluding hydrogens is 396 g/mol. The van der Waals surface area contributed by atoms with Crippen molar-refractivity contribution in [1.29, 1.82) is 0 Å². The van der Waals surface area contributed by atoms with Crippen LogP contribution in [0.2, 0.25) is 0 Å². The van der Waals surface area contributed by atoms with Gasteiger partial charge in [-0.3, -0.25) is 9.48 Å². The Balaban J connectivity index is 2.07. The number of nitrogens with zero attached hydrogens (tertiary/aromatic N) is 5. The van der Waals surface area contributed by atoms with Gasteiger partial charge in [-0.15, -0.1) is 0 Å². The summed E-state index contributed by atoms with van der Waals surface area (Å²) in [6.45, 7) is 1.49. The van der Waals surface area contributed by atoms with Gasteiger partial charge in [0.15, 0.2) is 5.75 Å². The lowest BCUT2D eigenvalue weighted by molar-refractivity contribution is -0.114. The highest BCUT2D eigenvalue weighted by Gasteiger charge is 2.29. The molecule has 3 heterocycles. The van der Waals surface area contributed by atoms with Gasteiger partial charge in [0.1, 0.15) is 11.6 Å². The zero-order valence-electron chi connectivity index (χ0n) is 19.4. The second-order valence-corrected chi connectivity index (χ2v) is 6.33. The number of ether oxygens (including phenoxy) is 1. The molecule has 0 aromatic carbocycles. The Morgan fingerprint density at radius 2 is 2.10 bits per heavy atom. The zero-order chi connectivity index (χ0) is 24.4. The van der Waals surface area contributed by atoms with Crippen molar-refractivity contribution in [2.24, 2.45) is 6.98 Å². The highest BCUT2D eigenvalue weighted by Crippen LogP contribution is 2.32. The minimum Gasteiger partial charge on any atom is -0.490 e. The highest BCUT2D eigenvalue weighted by atomic mass is 19.3. The predicted molar refractivity (Wildman–Crippen MR) is 107 cm³/mol. The van der Waals surface area contributed by atoms with Gasteiger partial charge in [-0.1, -0.05) is 0 Å². The van der Waals surface area contributed by atoms with Gasteiger partial charge in [0.2, 0.25) is 11.7 Å². The third-order valence-corrected chi connectivity index (χ3v) is 3.73. The molecule has 0 saturated carbocycles. The van der Waals surface area contributed by atoms with Crippen LogP contribution in [0.3, 0.4) is 0 Å². The van der Waals surface area contributed by atoms with Gasteiger partial charge >= 0.3 is 5.92 Å². The van der Waals surface area contributed by atoms with E-state index in [1.807, 2.05) is 0 Å². The summed E-state index contributed by atoms with van der Waals surface area (Å²) in [4.78, 5) is 23.2. The van der Waals surface area contributed by atoms with Gasteiger partial charge < -0.3 is 15.4 Å². The van der Waals surface area contributed by atoms with Crippen molar-refractivity contribution in [1.82, 2.24) is 24.7 Å². The first-order chi connectivity index (χ1) is 15.4. The topological polar surface area (TPSA) is 107 Å². The maximum Gasteiger partial charge on any atom is 0.303 e. The van der Waals surface area contributed by atoms with Crippen molar-refractivity contribution in [3.05, 3.63) is 36.5 Å². The first-order valence-electron chi connectivity index (χ1n) is 10.4. The molecule has 3 aromatic rings. The molecule has 3 rings (SSSR count). The van der Waals surface area contributed by atoms with Crippen molar-refractivity contribution in [3.63, 3.8) is 0 Å². The second kappa shape index (κ2) is 8.39. The smallest absolute Gasteiger partial charge is 0.303 e. The SMILES string of the molecule is [2H]C([2H])([2H])n1cc(-c2cc(Nc3cc(NC(C)=O)ncc3OCC)nc(C(C)(F)F)n2)cn1. The first-order valence-corrected chi connectivity index (χ1v) is 8.87. The molecule has 0 spiro atoms. The first kappa shape index (κ1) is 17.2. The van der Waals surface area contributed by atoms with Gasteiger partial charge in [-0.2, -0.15) is 13.9 Å². The molecule has 0 atom stereocenters. The van der Waals surface area contributed by atoms with Crippen molar-refractivity contribution in [2.75, 3.05) is 17.2 Å². The number of halogens is 2. The Morgan fingerprint density at radius 1 is 1.30 bits per heavy atom. The Morgan fingerprint density at radius 3 is 2.73 bits per heavy atom. The van der Waals surface area contributed by atoms with Gasteiger partial charge in [0.25, 0.3) is 0 Å². The summed E-state index contributed by atoms with van der Waals surface area (Å²) >= 11 is 0. The molecule has 1 amide bonds. The van der Waals surface area contributed by atoms with E-state index in [1.165, 1.54) is 37.6 Å². The van der Waals surface area contributed by atoms with E-state index in [-0.39, 0.29) is 28.8 Å². The van der Waals surface area contributed by atoms with Crippen molar-refractivity contribution in [3.8, 4) is 17.0 Å². The Bertz CT molecular complexity index is 1160. The number of carbonyl (C=O) groups is 1. The minimum absolute atomic E-state index is 0.0147. The maximum atomic E-state index is 14.1. The lowest BCUT2D eigenvalue weighted by atomic mass is 10.2. The van der Waals surface area contributed by atoms with E-state index in [0.717, 1.165) is 4.68 Å². The number of rotatable bonds is 7. The van der Waals surface area contributed by atoms with E-state index in [0.29, 0.717) is 25.0 Å². The third-order valence-electron chi connectivity index (χ3n) is 3.73. The monoisotopic (exact) mass is 420 g/mol. The molecule has 30 heavy (non-hydrogen) atoms. The van der Waals surface area contributed by atoms with E-state index >= 15 is 0 Å². The number of carbonyl (C=O) groups excluding carboxylic acids is 1. The van der Waals surface area contributed by atoms with Crippen LogP contribution in [-0.2, 0) is 17.7 Å². The van der Waals surface area contributed by atoms with Crippen LogP contribution in [0.5, 0.6) is 5.75 Å². The predicted octanol–water partition coefficient (Wildman–Crippen LogP) is 3.48. The van der Waals surface area contributed by atoms with E-state index in [4.69, 9.17) is 8.85 Å². The maximum absolute atomic E-state index is 14.1. The summed E-state index contributed by atoms with van der Waals surface area (Å²) in [5.41, 5.74) is 0.554. The Kier molecular flexibility index (Phi) is 4.83. The van der Waals surface area contributed by atoms with Crippen LogP contribution in [0.25, 0.3) is 11.3 Å². The molecule has 0 fully saturated rings. The van der Waals surface area contributed by atoms with E-state index in [2.05, 4.69) is 30.7 Å². The van der Waals surface area contributed by atoms with Crippen LogP contribution in [-0.4, -0.2) is 37.2 Å². The Labute approximate surface area is 175 Å². The van der Waals surface area contributed by atoms with Crippen LogP contribution >= 0.6 is 0 Å². The molecule has 2 N–H and O–H groups in total. The zero-order valence-corrected chi connectivity index (χ0v) is 16.4. The molecule has 3 aromatic heterocycles. The Hall–Kier alpha value is -3.63. The molecular formula is C19H21F2N7O2. The molecule has 0 aliphatic carbocycles. The number of anilines is 3. The van der Waals surface area contributed by atoms with Crippen molar-refractivity contribution >= 4 is 23.2 Å². The molecule has 0 saturated heterocycles. The lowest BCUT2D eigenvalue weighted by Gasteiger charge is -2.16. The molecule has 0 aliphatic rings. The molecule has 11 heteroatoms. The van der Waals surface area contributed by atoms with Gasteiger partial charge in [0, 0.05) is 48.8 Å². The normalized spacial score (nSPS) is 13.2. The van der Waals surface area contributed by atoms with Gasteiger partial charge in [-0.05, 0) is 6.92 Å². The summed E-state index contributed by atoms with van der Waals surface area (Å²) in [7, 11) is 0. The number of hydrogen-bond acceptors (Lipinski definition) is 7. The quantitative estimate of drug-likeness (QED) is 0.603. The van der Waals surface area contributed by atoms with Crippen LogP contribution in [0.1, 0.15) is 30.7 Å². The van der Waals surface area contributed by atoms with Crippen LogP contribution in [0.15, 0.2) is 30.7 Å². The fourth-order valence-electron chi connectivity index (χ4n) is 2.51. The fraction of sp³-hybridized carbons (Fsp3) is 0.316. The summed E-state index contributed by atoms with van der Waals surface area (Å²) in [5, 5.41) is 9.18. The second-order valence-electron chi connectivity index (χ2n) is 6.33.